The molecule has 0 aliphatic rings. The number of nitrogens with zero attached hydrogens (tertiary/aromatic N) is 3. The molecular formula is C27H23N5O6S. The van der Waals surface area contributed by atoms with Crippen LogP contribution in [0.4, 0.5) is 5.13 Å². The number of hydrazone groups is 1. The van der Waals surface area contributed by atoms with E-state index in [1.807, 2.05) is 30.3 Å². The Balaban J connectivity index is 1.35. The van der Waals surface area contributed by atoms with Crippen LogP contribution in [0, 0.1) is 0 Å². The zero-order valence-corrected chi connectivity index (χ0v) is 21.7. The Kier molecular flexibility index (Phi) is 8.93. The quantitative estimate of drug-likeness (QED) is 0.106. The number of nitrogens with one attached hydrogen (secondary N) is 2. The van der Waals surface area contributed by atoms with Gasteiger partial charge < -0.3 is 14.2 Å². The van der Waals surface area contributed by atoms with Gasteiger partial charge in [-0.15, -0.1) is 10.2 Å². The van der Waals surface area contributed by atoms with E-state index in [0.29, 0.717) is 34.2 Å². The van der Waals surface area contributed by atoms with Gasteiger partial charge in [0.05, 0.1) is 25.5 Å². The average Bonchev–Trinajstić information content (AvgIpc) is 3.43. The molecule has 0 unspecified atom stereocenters. The molecule has 0 saturated carbocycles. The number of rotatable bonds is 9. The molecule has 0 aliphatic heterocycles. The van der Waals surface area contributed by atoms with Gasteiger partial charge >= 0.3 is 17.8 Å². The first kappa shape index (κ1) is 26.9. The fraction of sp³-hybridized carbons (Fsp3) is 0.111. The van der Waals surface area contributed by atoms with Gasteiger partial charge in [-0.2, -0.15) is 5.10 Å². The van der Waals surface area contributed by atoms with Gasteiger partial charge in [0.1, 0.15) is 10.8 Å². The predicted octanol–water partition coefficient (Wildman–Crippen LogP) is 3.92. The molecule has 39 heavy (non-hydrogen) atoms. The smallest absolute Gasteiger partial charge is 0.343 e. The molecule has 4 rings (SSSR count). The molecule has 0 atom stereocenters. The maximum Gasteiger partial charge on any atom is 0.343 e. The van der Waals surface area contributed by atoms with Crippen LogP contribution in [0.3, 0.4) is 0 Å². The van der Waals surface area contributed by atoms with Gasteiger partial charge in [-0.1, -0.05) is 41.7 Å². The van der Waals surface area contributed by atoms with Crippen LogP contribution in [0.5, 0.6) is 17.2 Å². The first-order valence-corrected chi connectivity index (χ1v) is 12.4. The van der Waals surface area contributed by atoms with E-state index in [2.05, 4.69) is 26.0 Å². The van der Waals surface area contributed by atoms with Gasteiger partial charge in [0.2, 0.25) is 5.13 Å². The average molecular weight is 546 g/mol. The van der Waals surface area contributed by atoms with Crippen LogP contribution >= 0.6 is 11.3 Å². The first-order chi connectivity index (χ1) is 19.0. The summed E-state index contributed by atoms with van der Waals surface area (Å²) < 4.78 is 16.2. The zero-order chi connectivity index (χ0) is 27.6. The summed E-state index contributed by atoms with van der Waals surface area (Å²) >= 11 is 1.14. The summed E-state index contributed by atoms with van der Waals surface area (Å²) in [5.74, 6) is -1.36. The summed E-state index contributed by atoms with van der Waals surface area (Å²) in [7, 11) is 1.54. The number of hydrogen-bond acceptors (Lipinski definition) is 10. The van der Waals surface area contributed by atoms with E-state index in [9.17, 15) is 14.4 Å². The van der Waals surface area contributed by atoms with Crippen molar-refractivity contribution >= 4 is 40.5 Å². The van der Waals surface area contributed by atoms with E-state index in [1.54, 1.807) is 49.4 Å². The van der Waals surface area contributed by atoms with Crippen LogP contribution < -0.4 is 25.0 Å². The summed E-state index contributed by atoms with van der Waals surface area (Å²) in [6, 6.07) is 20.6. The highest BCUT2D eigenvalue weighted by atomic mass is 32.1. The second-order valence-electron chi connectivity index (χ2n) is 7.69. The van der Waals surface area contributed by atoms with Gasteiger partial charge in [-0.05, 0) is 55.0 Å². The molecule has 1 heterocycles. The summed E-state index contributed by atoms with van der Waals surface area (Å²) in [5, 5.41) is 14.9. The molecule has 0 bridgehead atoms. The fourth-order valence-corrected chi connectivity index (χ4v) is 3.93. The first-order valence-electron chi connectivity index (χ1n) is 11.6. The third-order valence-corrected chi connectivity index (χ3v) is 5.94. The topological polar surface area (TPSA) is 141 Å². The van der Waals surface area contributed by atoms with Gasteiger partial charge in [0.15, 0.2) is 11.5 Å². The van der Waals surface area contributed by atoms with Gasteiger partial charge in [-0.3, -0.25) is 14.9 Å². The number of amides is 2. The summed E-state index contributed by atoms with van der Waals surface area (Å²) in [6.07, 6.45) is 1.32. The lowest BCUT2D eigenvalue weighted by molar-refractivity contribution is -0.136. The van der Waals surface area contributed by atoms with Crippen molar-refractivity contribution in [1.29, 1.82) is 0 Å². The van der Waals surface area contributed by atoms with Crippen molar-refractivity contribution in [3.63, 3.8) is 0 Å². The number of aromatic nitrogens is 2. The van der Waals surface area contributed by atoms with Crippen LogP contribution in [0.2, 0.25) is 0 Å². The summed E-state index contributed by atoms with van der Waals surface area (Å²) in [4.78, 5) is 36.9. The lowest BCUT2D eigenvalue weighted by Crippen LogP contribution is -2.32. The Morgan fingerprint density at radius 2 is 1.72 bits per heavy atom. The van der Waals surface area contributed by atoms with Crippen LogP contribution in [0.25, 0.3) is 10.6 Å². The second-order valence-corrected chi connectivity index (χ2v) is 8.67. The number of ether oxygens (including phenoxy) is 3. The maximum absolute atomic E-state index is 12.5. The van der Waals surface area contributed by atoms with Crippen LogP contribution in [-0.2, 0) is 9.59 Å². The molecule has 3 aromatic carbocycles. The lowest BCUT2D eigenvalue weighted by atomic mass is 10.2. The molecule has 4 aromatic rings. The molecular weight excluding hydrogens is 522 g/mol. The Morgan fingerprint density at radius 3 is 2.44 bits per heavy atom. The van der Waals surface area contributed by atoms with Crippen molar-refractivity contribution in [1.82, 2.24) is 15.6 Å². The number of carbonyl (C=O) groups is 3. The van der Waals surface area contributed by atoms with Crippen molar-refractivity contribution in [3.05, 3.63) is 83.9 Å². The van der Waals surface area contributed by atoms with E-state index in [0.717, 1.165) is 16.9 Å². The van der Waals surface area contributed by atoms with Crippen LogP contribution in [-0.4, -0.2) is 47.9 Å². The van der Waals surface area contributed by atoms with E-state index in [-0.39, 0.29) is 10.9 Å². The molecule has 198 valence electrons. The monoisotopic (exact) mass is 545 g/mol. The van der Waals surface area contributed by atoms with Crippen LogP contribution in [0.15, 0.2) is 77.9 Å². The van der Waals surface area contributed by atoms with E-state index in [4.69, 9.17) is 14.2 Å². The number of anilines is 1. The molecule has 0 aliphatic carbocycles. The Hall–Kier alpha value is -5.10. The molecule has 1 aromatic heterocycles. The maximum atomic E-state index is 12.5. The summed E-state index contributed by atoms with van der Waals surface area (Å²) in [6.45, 7) is 2.11. The molecule has 2 amide bonds. The highest BCUT2D eigenvalue weighted by Crippen LogP contribution is 2.29. The fourth-order valence-electron chi connectivity index (χ4n) is 3.18. The molecule has 0 fully saturated rings. The molecule has 0 spiro atoms. The molecule has 11 nitrogen and oxygen atoms in total. The standard InChI is InChI=1S/C27H23N5O6S/c1-3-37-22-15-17(9-14-21(22)38-26(35)19-10-12-20(36-2)13-11-19)16-28-30-24(34)23(33)29-27-32-31-25(39-27)18-7-5-4-6-8-18/h4-16H,3H2,1-2H3,(H,30,34)(H,29,32,33)/b28-16+. The van der Waals surface area contributed by atoms with Crippen molar-refractivity contribution in [3.8, 4) is 27.8 Å². The highest BCUT2D eigenvalue weighted by Gasteiger charge is 2.17. The number of methoxy groups -OCH3 is 1. The second kappa shape index (κ2) is 12.9. The largest absolute Gasteiger partial charge is 0.497 e. The number of benzene rings is 3. The Labute approximate surface area is 227 Å². The number of carbonyl (C=O) groups excluding carboxylic acids is 3. The van der Waals surface area contributed by atoms with Gasteiger partial charge in [0.25, 0.3) is 0 Å². The van der Waals surface area contributed by atoms with Crippen LogP contribution in [0.1, 0.15) is 22.8 Å². The minimum Gasteiger partial charge on any atom is -0.497 e. The number of esters is 1. The minimum absolute atomic E-state index is 0.180. The minimum atomic E-state index is -0.988. The molecule has 12 heteroatoms. The summed E-state index contributed by atoms with van der Waals surface area (Å²) in [5.41, 5.74) is 3.87. The zero-order valence-electron chi connectivity index (χ0n) is 20.9. The van der Waals surface area contributed by atoms with E-state index in [1.165, 1.54) is 13.3 Å². The van der Waals surface area contributed by atoms with Crippen molar-refractivity contribution < 1.29 is 28.6 Å². The highest BCUT2D eigenvalue weighted by molar-refractivity contribution is 7.18. The molecule has 0 radical (unpaired) electrons. The van der Waals surface area contributed by atoms with Gasteiger partial charge in [0, 0.05) is 5.56 Å². The van der Waals surface area contributed by atoms with Gasteiger partial charge in [-0.25, -0.2) is 10.2 Å². The van der Waals surface area contributed by atoms with E-state index < -0.39 is 17.8 Å². The van der Waals surface area contributed by atoms with Crippen molar-refractivity contribution in [2.75, 3.05) is 19.0 Å². The van der Waals surface area contributed by atoms with E-state index >= 15 is 0 Å². The number of hydrogen-bond donors (Lipinski definition) is 2. The third-order valence-electron chi connectivity index (χ3n) is 5.05. The molecule has 2 N–H and O–H groups in total. The van der Waals surface area contributed by atoms with Crippen molar-refractivity contribution in [2.24, 2.45) is 5.10 Å². The Morgan fingerprint density at radius 1 is 0.949 bits per heavy atom. The third kappa shape index (κ3) is 7.23. The molecule has 0 saturated heterocycles. The SMILES string of the molecule is CCOc1cc(/C=N/NC(=O)C(=O)Nc2nnc(-c3ccccc3)s2)ccc1OC(=O)c1ccc(OC)cc1. The lowest BCUT2D eigenvalue weighted by Gasteiger charge is -2.11. The van der Waals surface area contributed by atoms with Crippen molar-refractivity contribution in [2.45, 2.75) is 6.92 Å². The Bertz CT molecular complexity index is 1490. The predicted molar refractivity (Wildman–Crippen MR) is 145 cm³/mol. The normalized spacial score (nSPS) is 10.6.